The van der Waals surface area contributed by atoms with Gasteiger partial charge in [-0.05, 0) is 39.7 Å². The number of hydrogen-bond acceptors (Lipinski definition) is 5. The van der Waals surface area contributed by atoms with Gasteiger partial charge in [-0.25, -0.2) is 4.98 Å². The Balaban J connectivity index is 2.45. The lowest BCUT2D eigenvalue weighted by Gasteiger charge is -2.08. The Kier molecular flexibility index (Phi) is 4.18. The van der Waals surface area contributed by atoms with Crippen LogP contribution in [0.4, 0.5) is 17.2 Å². The number of rotatable bonds is 3. The summed E-state index contributed by atoms with van der Waals surface area (Å²) in [6.45, 7) is 0. The summed E-state index contributed by atoms with van der Waals surface area (Å²) in [5, 5.41) is 14.0. The third-order valence-electron chi connectivity index (χ3n) is 2.14. The maximum atomic E-state index is 10.9. The zero-order valence-electron chi connectivity index (χ0n) is 9.10. The lowest BCUT2D eigenvalue weighted by atomic mass is 10.3. The molecule has 0 spiro atoms. The van der Waals surface area contributed by atoms with Gasteiger partial charge in [0, 0.05) is 0 Å². The van der Waals surface area contributed by atoms with Crippen LogP contribution in [0.1, 0.15) is 0 Å². The topological polar surface area (TPSA) is 81.0 Å². The van der Waals surface area contributed by atoms with Crippen molar-refractivity contribution in [2.24, 2.45) is 0 Å². The minimum atomic E-state index is -0.600. The summed E-state index contributed by atoms with van der Waals surface area (Å²) in [6.07, 6.45) is 1.04. The molecule has 2 rings (SSSR count). The Morgan fingerprint density at radius 1 is 1.37 bits per heavy atom. The maximum Gasteiger partial charge on any atom is 0.329 e. The van der Waals surface area contributed by atoms with Crippen molar-refractivity contribution < 1.29 is 4.92 Å². The zero-order valence-corrected chi connectivity index (χ0v) is 12.2. The highest BCUT2D eigenvalue weighted by Crippen LogP contribution is 2.34. The van der Waals surface area contributed by atoms with Gasteiger partial charge in [-0.2, -0.15) is 4.98 Å². The van der Waals surface area contributed by atoms with Gasteiger partial charge in [-0.15, -0.1) is 0 Å². The first-order chi connectivity index (χ1) is 8.99. The monoisotopic (exact) mass is 362 g/mol. The average Bonchev–Trinajstić information content (AvgIpc) is 2.35. The number of benzene rings is 1. The van der Waals surface area contributed by atoms with Gasteiger partial charge in [0.15, 0.2) is 0 Å². The molecule has 98 valence electrons. The Hall–Kier alpha value is -1.44. The van der Waals surface area contributed by atoms with Crippen LogP contribution >= 0.6 is 39.1 Å². The molecule has 0 aliphatic heterocycles. The lowest BCUT2D eigenvalue weighted by molar-refractivity contribution is -0.384. The van der Waals surface area contributed by atoms with E-state index in [0.717, 1.165) is 6.20 Å². The molecule has 0 unspecified atom stereocenters. The molecule has 19 heavy (non-hydrogen) atoms. The Labute approximate surface area is 126 Å². The van der Waals surface area contributed by atoms with Crippen LogP contribution < -0.4 is 5.32 Å². The van der Waals surface area contributed by atoms with Gasteiger partial charge in [-0.1, -0.05) is 17.7 Å². The second-order valence-electron chi connectivity index (χ2n) is 3.36. The Morgan fingerprint density at radius 2 is 2.11 bits per heavy atom. The van der Waals surface area contributed by atoms with Gasteiger partial charge in [0.25, 0.3) is 0 Å². The highest BCUT2D eigenvalue weighted by atomic mass is 79.9. The molecule has 0 saturated carbocycles. The third kappa shape index (κ3) is 3.12. The quantitative estimate of drug-likeness (QED) is 0.502. The van der Waals surface area contributed by atoms with Gasteiger partial charge in [0.2, 0.25) is 11.1 Å². The first-order valence-electron chi connectivity index (χ1n) is 4.87. The van der Waals surface area contributed by atoms with E-state index in [2.05, 4.69) is 31.2 Å². The van der Waals surface area contributed by atoms with Crippen molar-refractivity contribution in [2.75, 3.05) is 5.32 Å². The third-order valence-corrected chi connectivity index (χ3v) is 3.72. The fourth-order valence-corrected chi connectivity index (χ4v) is 1.98. The van der Waals surface area contributed by atoms with E-state index >= 15 is 0 Å². The van der Waals surface area contributed by atoms with E-state index in [1.54, 1.807) is 18.2 Å². The van der Waals surface area contributed by atoms with Crippen molar-refractivity contribution in [1.29, 1.82) is 0 Å². The summed E-state index contributed by atoms with van der Waals surface area (Å²) in [5.74, 6) is -0.00651. The van der Waals surface area contributed by atoms with E-state index < -0.39 is 4.92 Å². The number of aromatic nitrogens is 2. The largest absolute Gasteiger partial charge is 0.333 e. The Morgan fingerprint density at radius 3 is 2.79 bits per heavy atom. The molecule has 1 N–H and O–H groups in total. The number of nitro groups is 1. The van der Waals surface area contributed by atoms with E-state index in [0.29, 0.717) is 15.2 Å². The standard InChI is InChI=1S/C10H5BrCl2N4O2/c11-8-5(12)2-1-3-6(8)15-9-7(17(18)19)4-14-10(13)16-9/h1-4H,(H,14,15,16). The molecule has 1 aromatic carbocycles. The predicted molar refractivity (Wildman–Crippen MR) is 76.1 cm³/mol. The van der Waals surface area contributed by atoms with Gasteiger partial charge < -0.3 is 5.32 Å². The van der Waals surface area contributed by atoms with Crippen LogP contribution in [-0.2, 0) is 0 Å². The molecular weight excluding hydrogens is 359 g/mol. The molecule has 0 fully saturated rings. The molecule has 1 aromatic heterocycles. The first-order valence-corrected chi connectivity index (χ1v) is 6.42. The average molecular weight is 364 g/mol. The molecule has 0 atom stereocenters. The molecule has 0 radical (unpaired) electrons. The summed E-state index contributed by atoms with van der Waals surface area (Å²) < 4.78 is 0.570. The van der Waals surface area contributed by atoms with Crippen LogP contribution in [0, 0.1) is 10.1 Å². The van der Waals surface area contributed by atoms with Crippen LogP contribution in [0.2, 0.25) is 10.3 Å². The highest BCUT2D eigenvalue weighted by Gasteiger charge is 2.18. The lowest BCUT2D eigenvalue weighted by Crippen LogP contribution is -2.01. The maximum absolute atomic E-state index is 10.9. The number of hydrogen-bond donors (Lipinski definition) is 1. The summed E-state index contributed by atoms with van der Waals surface area (Å²) >= 11 is 14.8. The van der Waals surface area contributed by atoms with Gasteiger partial charge in [0.1, 0.15) is 6.20 Å². The molecule has 0 amide bonds. The van der Waals surface area contributed by atoms with Crippen molar-refractivity contribution in [1.82, 2.24) is 9.97 Å². The minimum Gasteiger partial charge on any atom is -0.333 e. The van der Waals surface area contributed by atoms with E-state index in [1.165, 1.54) is 0 Å². The number of nitrogens with zero attached hydrogens (tertiary/aromatic N) is 3. The molecule has 0 saturated heterocycles. The molecule has 1 heterocycles. The van der Waals surface area contributed by atoms with Crippen LogP contribution in [0.15, 0.2) is 28.9 Å². The SMILES string of the molecule is O=[N+]([O-])c1cnc(Cl)nc1Nc1cccc(Cl)c1Br. The van der Waals surface area contributed by atoms with Crippen molar-refractivity contribution in [3.05, 3.63) is 49.3 Å². The van der Waals surface area contributed by atoms with E-state index in [4.69, 9.17) is 23.2 Å². The van der Waals surface area contributed by atoms with Crippen molar-refractivity contribution in [3.8, 4) is 0 Å². The summed E-state index contributed by atoms with van der Waals surface area (Å²) in [4.78, 5) is 17.7. The summed E-state index contributed by atoms with van der Waals surface area (Å²) in [5.41, 5.74) is 0.252. The molecule has 0 aliphatic carbocycles. The van der Waals surface area contributed by atoms with Crippen LogP contribution in [0.3, 0.4) is 0 Å². The molecule has 9 heteroatoms. The van der Waals surface area contributed by atoms with Crippen molar-refractivity contribution in [3.63, 3.8) is 0 Å². The first kappa shape index (κ1) is 14.0. The van der Waals surface area contributed by atoms with Gasteiger partial charge >= 0.3 is 5.69 Å². The van der Waals surface area contributed by atoms with Crippen LogP contribution in [-0.4, -0.2) is 14.9 Å². The fourth-order valence-electron chi connectivity index (χ4n) is 1.31. The molecular formula is C10H5BrCl2N4O2. The second kappa shape index (κ2) is 5.68. The van der Waals surface area contributed by atoms with Crippen molar-refractivity contribution in [2.45, 2.75) is 0 Å². The molecule has 2 aromatic rings. The van der Waals surface area contributed by atoms with Gasteiger partial charge in [-0.3, -0.25) is 10.1 Å². The fraction of sp³-hybridized carbons (Fsp3) is 0. The van der Waals surface area contributed by atoms with Crippen LogP contribution in [0.5, 0.6) is 0 Å². The normalized spacial score (nSPS) is 10.3. The minimum absolute atomic E-state index is 0.00651. The molecule has 0 aliphatic rings. The summed E-state index contributed by atoms with van der Waals surface area (Å²) in [6, 6.07) is 5.07. The Bertz CT molecular complexity index is 653. The number of nitrogens with one attached hydrogen (secondary N) is 1. The van der Waals surface area contributed by atoms with Gasteiger partial charge in [0.05, 0.1) is 20.1 Å². The predicted octanol–water partition coefficient (Wildman–Crippen LogP) is 4.20. The number of halogens is 3. The van der Waals surface area contributed by atoms with Crippen LogP contribution in [0.25, 0.3) is 0 Å². The number of anilines is 2. The summed E-state index contributed by atoms with van der Waals surface area (Å²) in [7, 11) is 0. The van der Waals surface area contributed by atoms with Crippen molar-refractivity contribution >= 4 is 56.3 Å². The van der Waals surface area contributed by atoms with E-state index in [9.17, 15) is 10.1 Å². The van der Waals surface area contributed by atoms with E-state index in [1.807, 2.05) is 0 Å². The molecule has 0 bridgehead atoms. The molecule has 6 nitrogen and oxygen atoms in total. The zero-order chi connectivity index (χ0) is 14.0. The smallest absolute Gasteiger partial charge is 0.329 e. The highest BCUT2D eigenvalue weighted by molar-refractivity contribution is 9.10. The van der Waals surface area contributed by atoms with E-state index in [-0.39, 0.29) is 16.8 Å². The second-order valence-corrected chi connectivity index (χ2v) is 4.89.